The minimum Gasteiger partial charge on any atom is -0.352 e. The molecule has 0 aliphatic carbocycles. The van der Waals surface area contributed by atoms with E-state index in [-0.39, 0.29) is 30.8 Å². The summed E-state index contributed by atoms with van der Waals surface area (Å²) in [6.45, 7) is 10.1. The molecule has 0 aliphatic heterocycles. The lowest BCUT2D eigenvalue weighted by Crippen LogP contribution is -2.50. The monoisotopic (exact) mass is 501 g/mol. The van der Waals surface area contributed by atoms with Crippen molar-refractivity contribution in [3.8, 4) is 0 Å². The van der Waals surface area contributed by atoms with Gasteiger partial charge in [-0.3, -0.25) is 13.9 Å². The van der Waals surface area contributed by atoms with Crippen LogP contribution in [0.3, 0.4) is 0 Å². The second kappa shape index (κ2) is 12.7. The Morgan fingerprint density at radius 3 is 2.17 bits per heavy atom. The quantitative estimate of drug-likeness (QED) is 0.473. The first-order valence-electron chi connectivity index (χ1n) is 12.1. The highest BCUT2D eigenvalue weighted by molar-refractivity contribution is 7.92. The number of benzene rings is 2. The van der Waals surface area contributed by atoms with Crippen LogP contribution in [0.5, 0.6) is 0 Å². The van der Waals surface area contributed by atoms with E-state index in [1.54, 1.807) is 17.0 Å². The third-order valence-corrected chi connectivity index (χ3v) is 7.09. The number of sulfonamides is 1. The lowest BCUT2D eigenvalue weighted by Gasteiger charge is -2.32. The lowest BCUT2D eigenvalue weighted by molar-refractivity contribution is -0.141. The van der Waals surface area contributed by atoms with Crippen LogP contribution in [-0.2, 0) is 26.2 Å². The van der Waals surface area contributed by atoms with Gasteiger partial charge in [0.25, 0.3) is 0 Å². The van der Waals surface area contributed by atoms with Crippen LogP contribution in [0.4, 0.5) is 5.69 Å². The van der Waals surface area contributed by atoms with Crippen molar-refractivity contribution in [2.24, 2.45) is 0 Å². The molecule has 8 heteroatoms. The van der Waals surface area contributed by atoms with Crippen molar-refractivity contribution < 1.29 is 18.0 Å². The normalized spacial score (nSPS) is 12.3. The first-order valence-corrected chi connectivity index (χ1v) is 14.0. The van der Waals surface area contributed by atoms with Crippen molar-refractivity contribution in [2.45, 2.75) is 72.5 Å². The fourth-order valence-electron chi connectivity index (χ4n) is 3.99. The second-order valence-corrected chi connectivity index (χ2v) is 11.2. The Bertz CT molecular complexity index is 1100. The summed E-state index contributed by atoms with van der Waals surface area (Å²) >= 11 is 0. The van der Waals surface area contributed by atoms with Crippen LogP contribution >= 0.6 is 0 Å². The molecule has 7 nitrogen and oxygen atoms in total. The molecule has 0 radical (unpaired) electrons. The van der Waals surface area contributed by atoms with Crippen LogP contribution in [0.2, 0.25) is 0 Å². The number of hydrogen-bond donors (Lipinski definition) is 1. The van der Waals surface area contributed by atoms with Crippen LogP contribution in [-0.4, -0.2) is 50.0 Å². The smallest absolute Gasteiger partial charge is 0.243 e. The number of carbonyl (C=O) groups excluding carboxylic acids is 2. The minimum atomic E-state index is -3.51. The van der Waals surface area contributed by atoms with E-state index in [0.717, 1.165) is 16.7 Å². The molecule has 0 heterocycles. The van der Waals surface area contributed by atoms with Gasteiger partial charge in [-0.1, -0.05) is 48.9 Å². The van der Waals surface area contributed by atoms with Gasteiger partial charge in [0.05, 0.1) is 11.9 Å². The Morgan fingerprint density at radius 2 is 1.63 bits per heavy atom. The summed E-state index contributed by atoms with van der Waals surface area (Å²) < 4.78 is 26.2. The SMILES string of the molecule is CCC(C(=O)NC(C)C)N(Cc1ccccc1C)C(=O)CCCN(c1ccc(C)cc1)S(C)(=O)=O. The first kappa shape index (κ1) is 28.4. The Hall–Kier alpha value is -2.87. The van der Waals surface area contributed by atoms with E-state index < -0.39 is 16.1 Å². The number of anilines is 1. The third kappa shape index (κ3) is 8.38. The average molecular weight is 502 g/mol. The Morgan fingerprint density at radius 1 is 1.00 bits per heavy atom. The molecule has 2 rings (SSSR count). The predicted octanol–water partition coefficient (Wildman–Crippen LogP) is 4.18. The fourth-order valence-corrected chi connectivity index (χ4v) is 4.95. The van der Waals surface area contributed by atoms with Crippen LogP contribution in [0.15, 0.2) is 48.5 Å². The van der Waals surface area contributed by atoms with Crippen LogP contribution < -0.4 is 9.62 Å². The lowest BCUT2D eigenvalue weighted by atomic mass is 10.0. The van der Waals surface area contributed by atoms with E-state index in [2.05, 4.69) is 5.32 Å². The topological polar surface area (TPSA) is 86.8 Å². The van der Waals surface area contributed by atoms with Crippen LogP contribution in [0.1, 0.15) is 56.7 Å². The molecule has 0 saturated carbocycles. The summed E-state index contributed by atoms with van der Waals surface area (Å²) in [6, 6.07) is 14.4. The highest BCUT2D eigenvalue weighted by atomic mass is 32.2. The number of nitrogens with one attached hydrogen (secondary N) is 1. The number of carbonyl (C=O) groups is 2. The van der Waals surface area contributed by atoms with E-state index in [4.69, 9.17) is 0 Å². The van der Waals surface area contributed by atoms with Gasteiger partial charge in [-0.05, 0) is 63.8 Å². The summed E-state index contributed by atoms with van der Waals surface area (Å²) in [7, 11) is -3.51. The zero-order valence-electron chi connectivity index (χ0n) is 21.7. The zero-order valence-corrected chi connectivity index (χ0v) is 22.6. The molecule has 1 atom stereocenters. The van der Waals surface area contributed by atoms with Gasteiger partial charge < -0.3 is 10.2 Å². The largest absolute Gasteiger partial charge is 0.352 e. The summed E-state index contributed by atoms with van der Waals surface area (Å²) in [5.74, 6) is -0.349. The minimum absolute atomic E-state index is 0.0372. The van der Waals surface area contributed by atoms with Gasteiger partial charge in [0.15, 0.2) is 0 Å². The molecule has 0 aliphatic rings. The van der Waals surface area contributed by atoms with E-state index in [1.165, 1.54) is 10.6 Å². The van der Waals surface area contributed by atoms with Gasteiger partial charge in [-0.15, -0.1) is 0 Å². The van der Waals surface area contributed by atoms with Gasteiger partial charge in [-0.25, -0.2) is 8.42 Å². The van der Waals surface area contributed by atoms with E-state index in [0.29, 0.717) is 25.1 Å². The first-order chi connectivity index (χ1) is 16.4. The fraction of sp³-hybridized carbons (Fsp3) is 0.481. The maximum atomic E-state index is 13.4. The summed E-state index contributed by atoms with van der Waals surface area (Å²) in [4.78, 5) is 28.0. The van der Waals surface area contributed by atoms with Crippen molar-refractivity contribution in [3.05, 3.63) is 65.2 Å². The molecular formula is C27H39N3O4S. The molecule has 0 bridgehead atoms. The average Bonchev–Trinajstić information content (AvgIpc) is 2.77. The number of rotatable bonds is 12. The second-order valence-electron chi connectivity index (χ2n) is 9.31. The Labute approximate surface area is 210 Å². The van der Waals surface area contributed by atoms with Gasteiger partial charge in [0.1, 0.15) is 6.04 Å². The number of amides is 2. The van der Waals surface area contributed by atoms with Crippen molar-refractivity contribution >= 4 is 27.5 Å². The summed E-state index contributed by atoms with van der Waals surface area (Å²) in [5, 5.41) is 2.93. The maximum Gasteiger partial charge on any atom is 0.243 e. The number of aryl methyl sites for hydroxylation is 2. The Balaban J connectivity index is 2.22. The Kier molecular flexibility index (Phi) is 10.3. The molecule has 0 saturated heterocycles. The van der Waals surface area contributed by atoms with Crippen molar-refractivity contribution in [2.75, 3.05) is 17.1 Å². The molecule has 1 N–H and O–H groups in total. The number of hydrogen-bond acceptors (Lipinski definition) is 4. The molecule has 0 fully saturated rings. The van der Waals surface area contributed by atoms with Gasteiger partial charge >= 0.3 is 0 Å². The van der Waals surface area contributed by atoms with E-state index in [1.807, 2.05) is 71.0 Å². The molecule has 0 aromatic heterocycles. The summed E-state index contributed by atoms with van der Waals surface area (Å²) in [5.41, 5.74) is 3.64. The van der Waals surface area contributed by atoms with Crippen LogP contribution in [0.25, 0.3) is 0 Å². The molecule has 1 unspecified atom stereocenters. The molecular weight excluding hydrogens is 462 g/mol. The van der Waals surface area contributed by atoms with Gasteiger partial charge in [0.2, 0.25) is 21.8 Å². The van der Waals surface area contributed by atoms with E-state index in [9.17, 15) is 18.0 Å². The predicted molar refractivity (Wildman–Crippen MR) is 142 cm³/mol. The van der Waals surface area contributed by atoms with Crippen molar-refractivity contribution in [1.29, 1.82) is 0 Å². The summed E-state index contributed by atoms with van der Waals surface area (Å²) in [6.07, 6.45) is 2.12. The van der Waals surface area contributed by atoms with Crippen LogP contribution in [0, 0.1) is 13.8 Å². The van der Waals surface area contributed by atoms with Gasteiger partial charge in [0, 0.05) is 25.6 Å². The molecule has 2 aromatic carbocycles. The zero-order chi connectivity index (χ0) is 26.2. The standard InChI is InChI=1S/C27H39N3O4S/c1-7-25(27(32)28-20(2)3)29(19-23-12-9-8-11-22(23)5)26(31)13-10-18-30(35(6,33)34)24-16-14-21(4)15-17-24/h8-9,11-12,14-17,20,25H,7,10,13,18-19H2,1-6H3,(H,28,32). The van der Waals surface area contributed by atoms with Gasteiger partial charge in [-0.2, -0.15) is 0 Å². The molecule has 2 amide bonds. The van der Waals surface area contributed by atoms with Crippen molar-refractivity contribution in [3.63, 3.8) is 0 Å². The molecule has 0 spiro atoms. The molecule has 35 heavy (non-hydrogen) atoms. The number of nitrogens with zero attached hydrogens (tertiary/aromatic N) is 2. The maximum absolute atomic E-state index is 13.4. The van der Waals surface area contributed by atoms with E-state index >= 15 is 0 Å². The molecule has 192 valence electrons. The highest BCUT2D eigenvalue weighted by Gasteiger charge is 2.29. The highest BCUT2D eigenvalue weighted by Crippen LogP contribution is 2.21. The third-order valence-electron chi connectivity index (χ3n) is 5.89. The molecule has 2 aromatic rings. The van der Waals surface area contributed by atoms with Crippen molar-refractivity contribution in [1.82, 2.24) is 10.2 Å².